The fourth-order valence-electron chi connectivity index (χ4n) is 2.09. The van der Waals surface area contributed by atoms with E-state index in [0.717, 1.165) is 11.6 Å². The van der Waals surface area contributed by atoms with Crippen LogP contribution >= 0.6 is 11.6 Å². The molecule has 0 spiro atoms. The summed E-state index contributed by atoms with van der Waals surface area (Å²) in [4.78, 5) is 19.4. The van der Waals surface area contributed by atoms with Gasteiger partial charge in [-0.15, -0.1) is 0 Å². The summed E-state index contributed by atoms with van der Waals surface area (Å²) in [6.07, 6.45) is 1.13. The molecule has 0 aliphatic carbocycles. The summed E-state index contributed by atoms with van der Waals surface area (Å²) in [6, 6.07) is 11.0. The smallest absolute Gasteiger partial charge is 0.272 e. The molecule has 23 heavy (non-hydrogen) atoms. The Labute approximate surface area is 137 Å². The summed E-state index contributed by atoms with van der Waals surface area (Å²) in [5, 5.41) is 3.79. The zero-order valence-corrected chi connectivity index (χ0v) is 13.6. The minimum Gasteiger partial charge on any atom is -0.335 e. The van der Waals surface area contributed by atoms with Crippen molar-refractivity contribution in [3.63, 3.8) is 0 Å². The van der Waals surface area contributed by atoms with Crippen LogP contribution in [0.3, 0.4) is 0 Å². The number of amides is 1. The van der Waals surface area contributed by atoms with E-state index < -0.39 is 9.84 Å². The van der Waals surface area contributed by atoms with E-state index in [1.54, 1.807) is 18.2 Å². The van der Waals surface area contributed by atoms with Gasteiger partial charge >= 0.3 is 0 Å². The molecule has 118 valence electrons. The molecule has 0 unspecified atom stereocenters. The second-order valence-corrected chi connectivity index (χ2v) is 7.41. The molecule has 0 saturated carbocycles. The number of aromatic nitrogens is 2. The molecule has 1 amide bonds. The highest BCUT2D eigenvalue weighted by atomic mass is 35.5. The molecule has 6 nitrogen and oxygen atoms in total. The van der Waals surface area contributed by atoms with Gasteiger partial charge in [-0.05, 0) is 42.5 Å². The maximum Gasteiger partial charge on any atom is 0.272 e. The van der Waals surface area contributed by atoms with Gasteiger partial charge in [0.2, 0.25) is 0 Å². The van der Waals surface area contributed by atoms with Gasteiger partial charge in [-0.2, -0.15) is 0 Å². The fourth-order valence-corrected chi connectivity index (χ4v) is 2.87. The highest BCUT2D eigenvalue weighted by Crippen LogP contribution is 2.18. The van der Waals surface area contributed by atoms with Crippen molar-refractivity contribution >= 4 is 44.1 Å². The van der Waals surface area contributed by atoms with E-state index in [2.05, 4.69) is 15.3 Å². The number of hydrogen-bond donors (Lipinski definition) is 2. The predicted molar refractivity (Wildman–Crippen MR) is 88.6 cm³/mol. The molecule has 0 saturated heterocycles. The number of nitrogens with one attached hydrogen (secondary N) is 2. The van der Waals surface area contributed by atoms with Crippen LogP contribution in [0.15, 0.2) is 47.4 Å². The molecule has 2 N–H and O–H groups in total. The molecular formula is C15H12ClN3O3S. The third kappa shape index (κ3) is 3.35. The number of H-pyrrole nitrogens is 1. The molecule has 3 aromatic rings. The van der Waals surface area contributed by atoms with Crippen LogP contribution in [0.2, 0.25) is 5.15 Å². The molecule has 8 heteroatoms. The molecule has 0 atom stereocenters. The van der Waals surface area contributed by atoms with Crippen molar-refractivity contribution in [2.45, 2.75) is 4.90 Å². The molecule has 0 aliphatic rings. The lowest BCUT2D eigenvalue weighted by Gasteiger charge is -2.04. The Morgan fingerprint density at radius 3 is 2.52 bits per heavy atom. The number of carbonyl (C=O) groups is 1. The molecule has 1 aromatic carbocycles. The summed E-state index contributed by atoms with van der Waals surface area (Å²) in [6.45, 7) is 0. The summed E-state index contributed by atoms with van der Waals surface area (Å²) < 4.78 is 22.8. The first-order valence-corrected chi connectivity index (χ1v) is 8.86. The average molecular weight is 350 g/mol. The van der Waals surface area contributed by atoms with Crippen LogP contribution in [0.4, 0.5) is 5.69 Å². The van der Waals surface area contributed by atoms with Crippen molar-refractivity contribution in [3.05, 3.63) is 53.3 Å². The van der Waals surface area contributed by atoms with Gasteiger partial charge in [-0.1, -0.05) is 11.6 Å². The molecule has 0 fully saturated rings. The maximum atomic E-state index is 12.2. The number of anilines is 1. The predicted octanol–water partition coefficient (Wildman–Crippen LogP) is 2.87. The number of fused-ring (bicyclic) bond motifs is 1. The molecule has 2 heterocycles. The number of sulfone groups is 1. The van der Waals surface area contributed by atoms with Crippen molar-refractivity contribution in [2.24, 2.45) is 0 Å². The van der Waals surface area contributed by atoms with Crippen LogP contribution in [0.25, 0.3) is 11.0 Å². The van der Waals surface area contributed by atoms with Gasteiger partial charge in [0.05, 0.1) is 4.90 Å². The van der Waals surface area contributed by atoms with Crippen LogP contribution in [0, 0.1) is 0 Å². The number of nitrogens with zero attached hydrogens (tertiary/aromatic N) is 1. The summed E-state index contributed by atoms with van der Waals surface area (Å²) >= 11 is 5.81. The second kappa shape index (κ2) is 5.68. The zero-order valence-electron chi connectivity index (χ0n) is 12.0. The van der Waals surface area contributed by atoms with Crippen LogP contribution in [0.5, 0.6) is 0 Å². The van der Waals surface area contributed by atoms with Crippen LogP contribution in [0.1, 0.15) is 10.5 Å². The Bertz CT molecular complexity index is 994. The van der Waals surface area contributed by atoms with Crippen molar-refractivity contribution in [2.75, 3.05) is 11.6 Å². The van der Waals surface area contributed by atoms with E-state index in [0.29, 0.717) is 22.2 Å². The van der Waals surface area contributed by atoms with Gasteiger partial charge in [0, 0.05) is 17.3 Å². The summed E-state index contributed by atoms with van der Waals surface area (Å²) in [7, 11) is -3.26. The number of aromatic amines is 1. The quantitative estimate of drug-likeness (QED) is 0.711. The fraction of sp³-hybridized carbons (Fsp3) is 0.0667. The largest absolute Gasteiger partial charge is 0.335 e. The molecule has 0 radical (unpaired) electrons. The van der Waals surface area contributed by atoms with E-state index in [4.69, 9.17) is 11.6 Å². The van der Waals surface area contributed by atoms with Gasteiger partial charge in [-0.3, -0.25) is 4.79 Å². The Kier molecular flexibility index (Phi) is 3.83. The van der Waals surface area contributed by atoms with Crippen LogP contribution in [-0.4, -0.2) is 30.5 Å². The van der Waals surface area contributed by atoms with Crippen molar-refractivity contribution in [1.29, 1.82) is 0 Å². The van der Waals surface area contributed by atoms with E-state index in [1.165, 1.54) is 24.3 Å². The second-order valence-electron chi connectivity index (χ2n) is 5.01. The van der Waals surface area contributed by atoms with E-state index in [9.17, 15) is 13.2 Å². The number of carbonyl (C=O) groups excluding carboxylic acids is 1. The topological polar surface area (TPSA) is 91.9 Å². The lowest BCUT2D eigenvalue weighted by atomic mass is 10.3. The van der Waals surface area contributed by atoms with E-state index in [-0.39, 0.29) is 10.8 Å². The number of hydrogen-bond acceptors (Lipinski definition) is 4. The first-order valence-electron chi connectivity index (χ1n) is 6.60. The van der Waals surface area contributed by atoms with Gasteiger partial charge in [0.15, 0.2) is 9.84 Å². The third-order valence-electron chi connectivity index (χ3n) is 3.23. The molecular weight excluding hydrogens is 338 g/mol. The molecule has 2 aromatic heterocycles. The zero-order chi connectivity index (χ0) is 16.6. The monoisotopic (exact) mass is 349 g/mol. The van der Waals surface area contributed by atoms with E-state index >= 15 is 0 Å². The first-order chi connectivity index (χ1) is 10.8. The Balaban J connectivity index is 1.82. The Morgan fingerprint density at radius 1 is 1.17 bits per heavy atom. The molecule has 0 aliphatic heterocycles. The van der Waals surface area contributed by atoms with Crippen molar-refractivity contribution in [3.8, 4) is 0 Å². The lowest BCUT2D eigenvalue weighted by Crippen LogP contribution is -2.12. The average Bonchev–Trinajstić information content (AvgIpc) is 2.90. The number of benzene rings is 1. The number of halogens is 1. The Hall–Kier alpha value is -2.38. The van der Waals surface area contributed by atoms with Gasteiger partial charge in [-0.25, -0.2) is 13.4 Å². The Morgan fingerprint density at radius 2 is 1.87 bits per heavy atom. The van der Waals surface area contributed by atoms with Gasteiger partial charge in [0.25, 0.3) is 5.91 Å². The van der Waals surface area contributed by atoms with Crippen LogP contribution in [-0.2, 0) is 9.84 Å². The lowest BCUT2D eigenvalue weighted by molar-refractivity contribution is 0.102. The highest BCUT2D eigenvalue weighted by Gasteiger charge is 2.12. The normalized spacial score (nSPS) is 11.6. The van der Waals surface area contributed by atoms with Crippen molar-refractivity contribution < 1.29 is 13.2 Å². The van der Waals surface area contributed by atoms with Gasteiger partial charge in [0.1, 0.15) is 16.5 Å². The van der Waals surface area contributed by atoms with Crippen molar-refractivity contribution in [1.82, 2.24) is 9.97 Å². The first kappa shape index (κ1) is 15.5. The summed E-state index contributed by atoms with van der Waals surface area (Å²) in [5.41, 5.74) is 1.35. The minimum absolute atomic E-state index is 0.194. The number of rotatable bonds is 3. The molecule has 3 rings (SSSR count). The molecule has 0 bridgehead atoms. The highest BCUT2D eigenvalue weighted by molar-refractivity contribution is 7.90. The van der Waals surface area contributed by atoms with E-state index in [1.807, 2.05) is 0 Å². The maximum absolute atomic E-state index is 12.2. The SMILES string of the molecule is CS(=O)(=O)c1ccc(NC(=O)c2cc3ccc(Cl)nc3[nH]2)cc1. The number of pyridine rings is 1. The summed E-state index contributed by atoms with van der Waals surface area (Å²) in [5.74, 6) is -0.355. The van der Waals surface area contributed by atoms with Gasteiger partial charge < -0.3 is 10.3 Å². The third-order valence-corrected chi connectivity index (χ3v) is 4.57. The minimum atomic E-state index is -3.26. The van der Waals surface area contributed by atoms with Crippen LogP contribution < -0.4 is 5.32 Å². The standard InChI is InChI=1S/C15H12ClN3O3S/c1-23(21,22)11-5-3-10(4-6-11)17-15(20)12-8-9-2-7-13(16)19-14(9)18-12/h2-8H,1H3,(H,17,20)(H,18,19).